The summed E-state index contributed by atoms with van der Waals surface area (Å²) in [6.45, 7) is 7.63. The van der Waals surface area contributed by atoms with Gasteiger partial charge in [0.25, 0.3) is 0 Å². The molecule has 0 saturated carbocycles. The maximum atomic E-state index is 11.6. The minimum absolute atomic E-state index is 0.0340. The standard InChI is InChI=1S/C12H12N4O4S/c1-3-20-12(17)10-6-8(2)16(15-10)11-5-4-9(7-14-11)21(13,18)19/h2,4-7H,3H2,1H3,(H2,13,18,19). The van der Waals surface area contributed by atoms with Crippen LogP contribution in [0.25, 0.3) is 5.82 Å². The van der Waals surface area contributed by atoms with E-state index in [2.05, 4.69) is 10.1 Å². The molecule has 110 valence electrons. The van der Waals surface area contributed by atoms with Crippen LogP contribution in [0.3, 0.4) is 0 Å². The fraction of sp³-hybridized carbons (Fsp3) is 0.167. The van der Waals surface area contributed by atoms with Crippen LogP contribution in [0.5, 0.6) is 0 Å². The highest BCUT2D eigenvalue weighted by Crippen LogP contribution is 2.13. The molecule has 0 amide bonds. The Labute approximate surface area is 121 Å². The lowest BCUT2D eigenvalue weighted by Gasteiger charge is -2.03. The van der Waals surface area contributed by atoms with Crippen molar-refractivity contribution >= 4 is 16.0 Å². The summed E-state index contributed by atoms with van der Waals surface area (Å²) in [5.74, 6) is -0.362. The molecule has 21 heavy (non-hydrogen) atoms. The molecule has 2 radical (unpaired) electrons. The summed E-state index contributed by atoms with van der Waals surface area (Å²) in [6, 6.07) is 3.98. The molecule has 0 fully saturated rings. The van der Waals surface area contributed by atoms with E-state index in [1.54, 1.807) is 6.92 Å². The van der Waals surface area contributed by atoms with Gasteiger partial charge in [-0.05, 0) is 25.1 Å². The van der Waals surface area contributed by atoms with Crippen LogP contribution < -0.4 is 5.14 Å². The van der Waals surface area contributed by atoms with Gasteiger partial charge in [-0.2, -0.15) is 5.10 Å². The molecule has 2 rings (SSSR count). The first-order valence-electron chi connectivity index (χ1n) is 5.85. The molecular weight excluding hydrogens is 296 g/mol. The van der Waals surface area contributed by atoms with Gasteiger partial charge in [0.05, 0.1) is 12.3 Å². The molecule has 2 aromatic heterocycles. The van der Waals surface area contributed by atoms with E-state index in [-0.39, 0.29) is 28.7 Å². The SMILES string of the molecule is [CH]c1cc(C(=O)OCC)nn1-c1ccc(S(N)(=O)=O)cn1. The highest BCUT2D eigenvalue weighted by atomic mass is 32.2. The molecule has 0 aromatic carbocycles. The van der Waals surface area contributed by atoms with Crippen LogP contribution in [0.15, 0.2) is 29.3 Å². The van der Waals surface area contributed by atoms with Crippen LogP contribution in [0.1, 0.15) is 23.1 Å². The van der Waals surface area contributed by atoms with Gasteiger partial charge in [0.1, 0.15) is 4.90 Å². The van der Waals surface area contributed by atoms with Gasteiger partial charge in [0, 0.05) is 13.1 Å². The summed E-state index contributed by atoms with van der Waals surface area (Å²) < 4.78 is 28.3. The summed E-state index contributed by atoms with van der Waals surface area (Å²) in [5.41, 5.74) is 0.195. The molecule has 0 aliphatic rings. The Hall–Kier alpha value is -2.26. The molecule has 0 bridgehead atoms. The summed E-state index contributed by atoms with van der Waals surface area (Å²) >= 11 is 0. The second-order valence-corrected chi connectivity index (χ2v) is 5.55. The number of nitrogens with zero attached hydrogens (tertiary/aromatic N) is 3. The summed E-state index contributed by atoms with van der Waals surface area (Å²) in [5, 5.41) is 8.94. The van der Waals surface area contributed by atoms with Crippen LogP contribution in [-0.4, -0.2) is 35.8 Å². The van der Waals surface area contributed by atoms with Crippen LogP contribution in [0.2, 0.25) is 0 Å². The summed E-state index contributed by atoms with van der Waals surface area (Å²) in [4.78, 5) is 15.3. The number of pyridine rings is 1. The smallest absolute Gasteiger partial charge is 0.358 e. The monoisotopic (exact) mass is 308 g/mol. The Kier molecular flexibility index (Phi) is 4.05. The number of nitrogens with two attached hydrogens (primary N) is 1. The average molecular weight is 308 g/mol. The molecule has 2 heterocycles. The zero-order valence-electron chi connectivity index (χ0n) is 11.1. The third-order valence-corrected chi connectivity index (χ3v) is 3.39. The Morgan fingerprint density at radius 1 is 1.48 bits per heavy atom. The Morgan fingerprint density at radius 2 is 2.19 bits per heavy atom. The first kappa shape index (κ1) is 15.1. The van der Waals surface area contributed by atoms with Crippen LogP contribution in [-0.2, 0) is 14.8 Å². The van der Waals surface area contributed by atoms with Crippen molar-refractivity contribution in [3.8, 4) is 5.82 Å². The zero-order valence-corrected chi connectivity index (χ0v) is 11.9. The van der Waals surface area contributed by atoms with E-state index in [1.165, 1.54) is 22.9 Å². The van der Waals surface area contributed by atoms with E-state index in [0.717, 1.165) is 6.20 Å². The maximum Gasteiger partial charge on any atom is 0.358 e. The van der Waals surface area contributed by atoms with Gasteiger partial charge in [-0.3, -0.25) is 0 Å². The van der Waals surface area contributed by atoms with Crippen molar-refractivity contribution in [2.75, 3.05) is 6.61 Å². The second-order valence-electron chi connectivity index (χ2n) is 3.98. The molecule has 2 aromatic rings. The lowest BCUT2D eigenvalue weighted by molar-refractivity contribution is 0.0519. The van der Waals surface area contributed by atoms with Crippen molar-refractivity contribution in [2.45, 2.75) is 11.8 Å². The first-order chi connectivity index (χ1) is 9.82. The van der Waals surface area contributed by atoms with E-state index in [0.29, 0.717) is 0 Å². The molecule has 0 aliphatic carbocycles. The molecular formula is C12H12N4O4S. The van der Waals surface area contributed by atoms with Gasteiger partial charge in [0.2, 0.25) is 10.0 Å². The minimum Gasteiger partial charge on any atom is -0.461 e. The molecule has 0 atom stereocenters. The number of primary sulfonamides is 1. The molecule has 0 spiro atoms. The quantitative estimate of drug-likeness (QED) is 0.803. The van der Waals surface area contributed by atoms with Crippen molar-refractivity contribution in [1.82, 2.24) is 14.8 Å². The fourth-order valence-electron chi connectivity index (χ4n) is 1.55. The van der Waals surface area contributed by atoms with E-state index in [1.807, 2.05) is 0 Å². The Bertz CT molecular complexity index is 765. The van der Waals surface area contributed by atoms with Crippen molar-refractivity contribution in [2.24, 2.45) is 5.14 Å². The molecule has 0 aliphatic heterocycles. The average Bonchev–Trinajstić information content (AvgIpc) is 2.80. The molecule has 0 saturated heterocycles. The van der Waals surface area contributed by atoms with Gasteiger partial charge in [0.15, 0.2) is 11.5 Å². The fourth-order valence-corrected chi connectivity index (χ4v) is 2.01. The molecule has 9 heteroatoms. The molecule has 8 nitrogen and oxygen atoms in total. The third kappa shape index (κ3) is 3.26. The Balaban J connectivity index is 2.36. The third-order valence-electron chi connectivity index (χ3n) is 2.49. The number of ether oxygens (including phenoxy) is 1. The highest BCUT2D eigenvalue weighted by molar-refractivity contribution is 7.89. The number of aromatic nitrogens is 3. The molecule has 2 N–H and O–H groups in total. The van der Waals surface area contributed by atoms with Crippen LogP contribution in [0, 0.1) is 6.92 Å². The number of carbonyl (C=O) groups excluding carboxylic acids is 1. The largest absolute Gasteiger partial charge is 0.461 e. The van der Waals surface area contributed by atoms with Crippen molar-refractivity contribution in [1.29, 1.82) is 0 Å². The van der Waals surface area contributed by atoms with Crippen molar-refractivity contribution in [3.63, 3.8) is 0 Å². The van der Waals surface area contributed by atoms with Gasteiger partial charge in [-0.25, -0.2) is 28.0 Å². The molecule has 0 unspecified atom stereocenters. The lowest BCUT2D eigenvalue weighted by Crippen LogP contribution is -2.13. The Morgan fingerprint density at radius 3 is 2.71 bits per heavy atom. The van der Waals surface area contributed by atoms with Crippen LogP contribution in [0.4, 0.5) is 0 Å². The summed E-state index contributed by atoms with van der Waals surface area (Å²) in [6.07, 6.45) is 1.08. The van der Waals surface area contributed by atoms with E-state index < -0.39 is 16.0 Å². The number of sulfonamides is 1. The van der Waals surface area contributed by atoms with Crippen LogP contribution >= 0.6 is 0 Å². The van der Waals surface area contributed by atoms with E-state index >= 15 is 0 Å². The van der Waals surface area contributed by atoms with Gasteiger partial charge >= 0.3 is 5.97 Å². The normalized spacial score (nSPS) is 11.4. The zero-order chi connectivity index (χ0) is 15.6. The number of carbonyl (C=O) groups is 1. The first-order valence-corrected chi connectivity index (χ1v) is 7.39. The highest BCUT2D eigenvalue weighted by Gasteiger charge is 2.15. The van der Waals surface area contributed by atoms with Crippen molar-refractivity contribution in [3.05, 3.63) is 42.7 Å². The number of rotatable bonds is 4. The van der Waals surface area contributed by atoms with E-state index in [4.69, 9.17) is 16.8 Å². The van der Waals surface area contributed by atoms with E-state index in [9.17, 15) is 13.2 Å². The van der Waals surface area contributed by atoms with Crippen molar-refractivity contribution < 1.29 is 17.9 Å². The van der Waals surface area contributed by atoms with Gasteiger partial charge in [-0.15, -0.1) is 0 Å². The minimum atomic E-state index is -3.82. The summed E-state index contributed by atoms with van der Waals surface area (Å²) in [7, 11) is -3.82. The predicted octanol–water partition coefficient (Wildman–Crippen LogP) is 0.151. The predicted molar refractivity (Wildman–Crippen MR) is 72.1 cm³/mol. The lowest BCUT2D eigenvalue weighted by atomic mass is 10.4. The number of hydrogen-bond donors (Lipinski definition) is 1. The van der Waals surface area contributed by atoms with Gasteiger partial charge in [-0.1, -0.05) is 0 Å². The topological polar surface area (TPSA) is 117 Å². The number of hydrogen-bond acceptors (Lipinski definition) is 6. The van der Waals surface area contributed by atoms with Gasteiger partial charge < -0.3 is 4.74 Å². The second kappa shape index (κ2) is 5.62. The maximum absolute atomic E-state index is 11.6. The number of esters is 1.